The molecule has 190 valence electrons. The number of halogens is 3. The van der Waals surface area contributed by atoms with Crippen molar-refractivity contribution in [2.75, 3.05) is 17.1 Å². The third-order valence-electron chi connectivity index (χ3n) is 6.00. The number of nitrogens with zero attached hydrogens (tertiary/aromatic N) is 2. The van der Waals surface area contributed by atoms with Crippen LogP contribution in [0.15, 0.2) is 46.9 Å². The maximum absolute atomic E-state index is 13.6. The number of sulfonamides is 1. The molecule has 2 aromatic rings. The second-order valence-corrected chi connectivity index (χ2v) is 12.3. The summed E-state index contributed by atoms with van der Waals surface area (Å²) in [6, 6.07) is 10.8. The molecule has 0 bridgehead atoms. The number of benzene rings is 2. The third-order valence-corrected chi connectivity index (χ3v) is 8.41. The molecule has 0 aliphatic heterocycles. The molecule has 0 saturated heterocycles. The molecule has 2 aromatic carbocycles. The molecule has 0 spiro atoms. The second-order valence-electron chi connectivity index (χ2n) is 8.68. The fraction of sp³-hybridized carbons (Fsp3) is 0.417. The summed E-state index contributed by atoms with van der Waals surface area (Å²) < 4.78 is 27.0. The summed E-state index contributed by atoms with van der Waals surface area (Å²) in [5.41, 5.74) is 1.02. The molecule has 1 saturated carbocycles. The van der Waals surface area contributed by atoms with E-state index in [0.717, 1.165) is 40.7 Å². The second kappa shape index (κ2) is 12.0. The van der Waals surface area contributed by atoms with Crippen molar-refractivity contribution in [2.24, 2.45) is 0 Å². The van der Waals surface area contributed by atoms with Crippen molar-refractivity contribution < 1.29 is 18.0 Å². The van der Waals surface area contributed by atoms with Crippen LogP contribution >= 0.6 is 39.1 Å². The van der Waals surface area contributed by atoms with Crippen LogP contribution < -0.4 is 9.62 Å². The van der Waals surface area contributed by atoms with Crippen LogP contribution in [-0.4, -0.2) is 50.0 Å². The predicted molar refractivity (Wildman–Crippen MR) is 143 cm³/mol. The fourth-order valence-corrected chi connectivity index (χ4v) is 5.46. The normalized spacial score (nSPS) is 15.0. The molecule has 35 heavy (non-hydrogen) atoms. The number of carbonyl (C=O) groups excluding carboxylic acids is 2. The summed E-state index contributed by atoms with van der Waals surface area (Å²) in [5.74, 6) is -0.793. The maximum atomic E-state index is 13.6. The van der Waals surface area contributed by atoms with Crippen molar-refractivity contribution in [3.05, 3.63) is 62.5 Å². The van der Waals surface area contributed by atoms with E-state index in [0.29, 0.717) is 21.3 Å². The summed E-state index contributed by atoms with van der Waals surface area (Å²) in [4.78, 5) is 28.0. The highest BCUT2D eigenvalue weighted by Crippen LogP contribution is 2.25. The maximum Gasteiger partial charge on any atom is 0.244 e. The summed E-state index contributed by atoms with van der Waals surface area (Å²) in [6.07, 6.45) is 4.97. The van der Waals surface area contributed by atoms with Crippen molar-refractivity contribution >= 4 is 66.7 Å². The largest absolute Gasteiger partial charge is 0.352 e. The van der Waals surface area contributed by atoms with Gasteiger partial charge in [0.2, 0.25) is 21.8 Å². The Kier molecular flexibility index (Phi) is 9.48. The molecule has 1 N–H and O–H groups in total. The van der Waals surface area contributed by atoms with Gasteiger partial charge in [0.15, 0.2) is 0 Å². The van der Waals surface area contributed by atoms with Gasteiger partial charge in [-0.1, -0.05) is 58.0 Å². The van der Waals surface area contributed by atoms with Crippen molar-refractivity contribution in [1.29, 1.82) is 0 Å². The van der Waals surface area contributed by atoms with Gasteiger partial charge in [-0.15, -0.1) is 0 Å². The standard InChI is InChI=1S/C24H28BrCl2N3O4S/c1-16(24(32)28-19-5-3-4-6-19)29(14-17-7-12-21(26)22(27)13-17)23(31)15-30(35(2,33)34)20-10-8-18(25)9-11-20/h7-13,16,19H,3-6,14-15H2,1-2H3,(H,28,32)/t16-/m0/s1. The van der Waals surface area contributed by atoms with Gasteiger partial charge in [-0.2, -0.15) is 0 Å². The van der Waals surface area contributed by atoms with E-state index < -0.39 is 28.5 Å². The fourth-order valence-electron chi connectivity index (χ4n) is 4.03. The van der Waals surface area contributed by atoms with Crippen LogP contribution in [0.1, 0.15) is 38.2 Å². The lowest BCUT2D eigenvalue weighted by atomic mass is 10.1. The van der Waals surface area contributed by atoms with Gasteiger partial charge in [0, 0.05) is 17.1 Å². The molecular formula is C24H28BrCl2N3O4S. The first-order chi connectivity index (χ1) is 16.5. The van der Waals surface area contributed by atoms with E-state index in [2.05, 4.69) is 21.2 Å². The first-order valence-electron chi connectivity index (χ1n) is 11.2. The van der Waals surface area contributed by atoms with Crippen LogP contribution in [0.3, 0.4) is 0 Å². The zero-order valence-corrected chi connectivity index (χ0v) is 23.4. The van der Waals surface area contributed by atoms with Gasteiger partial charge < -0.3 is 10.2 Å². The van der Waals surface area contributed by atoms with Crippen LogP contribution in [0.2, 0.25) is 10.0 Å². The van der Waals surface area contributed by atoms with Crippen molar-refractivity contribution in [3.8, 4) is 0 Å². The first kappa shape index (κ1) is 27.8. The van der Waals surface area contributed by atoms with E-state index in [1.165, 1.54) is 4.90 Å². The van der Waals surface area contributed by atoms with E-state index in [1.54, 1.807) is 49.4 Å². The topological polar surface area (TPSA) is 86.8 Å². The lowest BCUT2D eigenvalue weighted by molar-refractivity contribution is -0.139. The Morgan fingerprint density at radius 1 is 1.09 bits per heavy atom. The molecule has 11 heteroatoms. The zero-order valence-electron chi connectivity index (χ0n) is 19.5. The number of hydrogen-bond acceptors (Lipinski definition) is 4. The van der Waals surface area contributed by atoms with Gasteiger partial charge in [-0.25, -0.2) is 8.42 Å². The minimum atomic E-state index is -3.78. The van der Waals surface area contributed by atoms with Crippen molar-refractivity contribution in [3.63, 3.8) is 0 Å². The van der Waals surface area contributed by atoms with E-state index in [-0.39, 0.29) is 18.5 Å². The lowest BCUT2D eigenvalue weighted by Gasteiger charge is -2.32. The summed E-state index contributed by atoms with van der Waals surface area (Å²) in [6.45, 7) is 1.25. The number of hydrogen-bond donors (Lipinski definition) is 1. The highest BCUT2D eigenvalue weighted by atomic mass is 79.9. The average molecular weight is 605 g/mol. The van der Waals surface area contributed by atoms with Gasteiger partial charge in [-0.3, -0.25) is 13.9 Å². The number of carbonyl (C=O) groups is 2. The van der Waals surface area contributed by atoms with E-state index in [9.17, 15) is 18.0 Å². The van der Waals surface area contributed by atoms with Gasteiger partial charge >= 0.3 is 0 Å². The smallest absolute Gasteiger partial charge is 0.244 e. The monoisotopic (exact) mass is 603 g/mol. The minimum absolute atomic E-state index is 0.0624. The number of anilines is 1. The Bertz CT molecular complexity index is 1170. The Morgan fingerprint density at radius 3 is 2.29 bits per heavy atom. The SMILES string of the molecule is C[C@@H](C(=O)NC1CCCC1)N(Cc1ccc(Cl)c(Cl)c1)C(=O)CN(c1ccc(Br)cc1)S(C)(=O)=O. The number of amides is 2. The highest BCUT2D eigenvalue weighted by molar-refractivity contribution is 9.10. The summed E-state index contributed by atoms with van der Waals surface area (Å²) in [7, 11) is -3.78. The summed E-state index contributed by atoms with van der Waals surface area (Å²) >= 11 is 15.5. The summed E-state index contributed by atoms with van der Waals surface area (Å²) in [5, 5.41) is 3.72. The molecule has 1 fully saturated rings. The predicted octanol–water partition coefficient (Wildman–Crippen LogP) is 5.00. The quantitative estimate of drug-likeness (QED) is 0.436. The molecule has 1 atom stereocenters. The number of rotatable bonds is 9. The zero-order chi connectivity index (χ0) is 25.8. The molecule has 7 nitrogen and oxygen atoms in total. The molecule has 1 aliphatic rings. The number of nitrogens with one attached hydrogen (secondary N) is 1. The van der Waals surface area contributed by atoms with Gasteiger partial charge in [0.1, 0.15) is 12.6 Å². The average Bonchev–Trinajstić information content (AvgIpc) is 3.30. The van der Waals surface area contributed by atoms with Crippen LogP contribution in [-0.2, 0) is 26.2 Å². The lowest BCUT2D eigenvalue weighted by Crippen LogP contribution is -2.52. The van der Waals surface area contributed by atoms with Gasteiger partial charge in [0.25, 0.3) is 0 Å². The molecule has 0 aromatic heterocycles. The molecule has 1 aliphatic carbocycles. The van der Waals surface area contributed by atoms with Gasteiger partial charge in [-0.05, 0) is 61.7 Å². The Balaban J connectivity index is 1.88. The molecule has 0 radical (unpaired) electrons. The van der Waals surface area contributed by atoms with Crippen LogP contribution in [0, 0.1) is 0 Å². The van der Waals surface area contributed by atoms with E-state index >= 15 is 0 Å². The van der Waals surface area contributed by atoms with Gasteiger partial charge in [0.05, 0.1) is 22.0 Å². The Hall–Kier alpha value is -1.81. The molecule has 0 heterocycles. The molecule has 2 amide bonds. The minimum Gasteiger partial charge on any atom is -0.352 e. The highest BCUT2D eigenvalue weighted by Gasteiger charge is 2.31. The molecular weight excluding hydrogens is 577 g/mol. The Labute approximate surface area is 224 Å². The Morgan fingerprint density at radius 2 is 1.71 bits per heavy atom. The molecule has 3 rings (SSSR count). The molecule has 0 unspecified atom stereocenters. The first-order valence-corrected chi connectivity index (χ1v) is 14.6. The van der Waals surface area contributed by atoms with Crippen molar-refractivity contribution in [2.45, 2.75) is 51.2 Å². The van der Waals surface area contributed by atoms with Crippen LogP contribution in [0.4, 0.5) is 5.69 Å². The third kappa shape index (κ3) is 7.59. The van der Waals surface area contributed by atoms with Crippen LogP contribution in [0.25, 0.3) is 0 Å². The van der Waals surface area contributed by atoms with E-state index in [1.807, 2.05) is 0 Å². The van der Waals surface area contributed by atoms with Crippen LogP contribution in [0.5, 0.6) is 0 Å². The van der Waals surface area contributed by atoms with Crippen molar-refractivity contribution in [1.82, 2.24) is 10.2 Å². The van der Waals surface area contributed by atoms with E-state index in [4.69, 9.17) is 23.2 Å².